The highest BCUT2D eigenvalue weighted by Crippen LogP contribution is 2.43. The minimum Gasteiger partial charge on any atom is -0.447 e. The van der Waals surface area contributed by atoms with Crippen LogP contribution >= 0.6 is 0 Å². The van der Waals surface area contributed by atoms with Crippen LogP contribution < -0.4 is 5.32 Å². The molecule has 0 aromatic heterocycles. The van der Waals surface area contributed by atoms with Gasteiger partial charge in [0.2, 0.25) is 0 Å². The molecule has 1 aliphatic heterocycles. The van der Waals surface area contributed by atoms with Gasteiger partial charge in [-0.1, -0.05) is 13.8 Å². The minimum atomic E-state index is -0.239. The third-order valence-corrected chi connectivity index (χ3v) is 3.10. The molecular weight excluding hydrogens is 154 g/mol. The summed E-state index contributed by atoms with van der Waals surface area (Å²) >= 11 is 0. The Balaban J connectivity index is 1.91. The highest BCUT2D eigenvalue weighted by atomic mass is 16.6. The van der Waals surface area contributed by atoms with Crippen molar-refractivity contribution >= 4 is 6.09 Å². The summed E-state index contributed by atoms with van der Waals surface area (Å²) in [6.45, 7) is 5.04. The van der Waals surface area contributed by atoms with Gasteiger partial charge < -0.3 is 10.1 Å². The SMILES string of the molecule is CC(C)C1CC2(COC(=O)N2)C1. The number of hydrogen-bond donors (Lipinski definition) is 1. The summed E-state index contributed by atoms with van der Waals surface area (Å²) in [6, 6.07) is 0. The lowest BCUT2D eigenvalue weighted by Crippen LogP contribution is -2.55. The smallest absolute Gasteiger partial charge is 0.407 e. The van der Waals surface area contributed by atoms with E-state index in [9.17, 15) is 4.79 Å². The number of rotatable bonds is 1. The van der Waals surface area contributed by atoms with Gasteiger partial charge in [-0.3, -0.25) is 0 Å². The van der Waals surface area contributed by atoms with E-state index < -0.39 is 0 Å². The van der Waals surface area contributed by atoms with Gasteiger partial charge in [-0.2, -0.15) is 0 Å². The zero-order valence-corrected chi connectivity index (χ0v) is 7.59. The van der Waals surface area contributed by atoms with E-state index in [1.54, 1.807) is 0 Å². The summed E-state index contributed by atoms with van der Waals surface area (Å²) in [5.74, 6) is 1.50. The molecule has 1 spiro atoms. The van der Waals surface area contributed by atoms with E-state index in [4.69, 9.17) is 4.74 Å². The van der Waals surface area contributed by atoms with Crippen LogP contribution in [0.15, 0.2) is 0 Å². The predicted molar refractivity (Wildman–Crippen MR) is 44.8 cm³/mol. The number of alkyl carbamates (subject to hydrolysis) is 1. The number of amides is 1. The molecule has 1 N–H and O–H groups in total. The number of ether oxygens (including phenoxy) is 1. The summed E-state index contributed by atoms with van der Waals surface area (Å²) in [5.41, 5.74) is 0.0199. The monoisotopic (exact) mass is 169 g/mol. The standard InChI is InChI=1S/C9H15NO2/c1-6(2)7-3-9(4-7)5-12-8(11)10-9/h6-7H,3-5H2,1-2H3,(H,10,11). The molecule has 2 fully saturated rings. The second kappa shape index (κ2) is 2.38. The van der Waals surface area contributed by atoms with Crippen LogP contribution in [0, 0.1) is 11.8 Å². The zero-order chi connectivity index (χ0) is 8.77. The van der Waals surface area contributed by atoms with Gasteiger partial charge in [0, 0.05) is 0 Å². The molecule has 1 aliphatic carbocycles. The maximum absolute atomic E-state index is 10.8. The molecule has 1 amide bonds. The quantitative estimate of drug-likeness (QED) is 0.646. The summed E-state index contributed by atoms with van der Waals surface area (Å²) in [4.78, 5) is 10.8. The molecule has 3 heteroatoms. The molecule has 2 aliphatic rings. The Morgan fingerprint density at radius 2 is 2.25 bits per heavy atom. The average Bonchev–Trinajstić information content (AvgIpc) is 2.27. The molecule has 2 rings (SSSR count). The van der Waals surface area contributed by atoms with Gasteiger partial charge in [0.1, 0.15) is 6.61 Å². The van der Waals surface area contributed by atoms with Crippen molar-refractivity contribution in [1.82, 2.24) is 5.32 Å². The molecule has 1 saturated carbocycles. The highest BCUT2D eigenvalue weighted by Gasteiger charge is 2.50. The lowest BCUT2D eigenvalue weighted by molar-refractivity contribution is 0.0732. The summed E-state index contributed by atoms with van der Waals surface area (Å²) in [6.07, 6.45) is 1.95. The first-order valence-electron chi connectivity index (χ1n) is 4.56. The maximum atomic E-state index is 10.8. The fourth-order valence-corrected chi connectivity index (χ4v) is 2.13. The molecule has 0 aromatic rings. The molecule has 1 saturated heterocycles. The van der Waals surface area contributed by atoms with E-state index in [-0.39, 0.29) is 11.6 Å². The lowest BCUT2D eigenvalue weighted by atomic mass is 9.65. The van der Waals surface area contributed by atoms with E-state index >= 15 is 0 Å². The Hall–Kier alpha value is -0.730. The van der Waals surface area contributed by atoms with Crippen molar-refractivity contribution in [3.05, 3.63) is 0 Å². The molecular formula is C9H15NO2. The fourth-order valence-electron chi connectivity index (χ4n) is 2.13. The topological polar surface area (TPSA) is 38.3 Å². The van der Waals surface area contributed by atoms with Crippen molar-refractivity contribution in [3.63, 3.8) is 0 Å². The first-order valence-corrected chi connectivity index (χ1v) is 4.56. The van der Waals surface area contributed by atoms with Crippen LogP contribution in [0.4, 0.5) is 4.79 Å². The molecule has 3 nitrogen and oxygen atoms in total. The zero-order valence-electron chi connectivity index (χ0n) is 7.59. The second-order valence-corrected chi connectivity index (χ2v) is 4.39. The van der Waals surface area contributed by atoms with Gasteiger partial charge in [0.25, 0.3) is 0 Å². The van der Waals surface area contributed by atoms with E-state index in [1.165, 1.54) is 0 Å². The lowest BCUT2D eigenvalue weighted by Gasteiger charge is -2.45. The van der Waals surface area contributed by atoms with Crippen LogP contribution in [0.25, 0.3) is 0 Å². The molecule has 0 atom stereocenters. The summed E-state index contributed by atoms with van der Waals surface area (Å²) in [7, 11) is 0. The molecule has 68 valence electrons. The molecule has 12 heavy (non-hydrogen) atoms. The molecule has 0 bridgehead atoms. The van der Waals surface area contributed by atoms with Crippen molar-refractivity contribution in [2.24, 2.45) is 11.8 Å². The van der Waals surface area contributed by atoms with Crippen LogP contribution in [0.1, 0.15) is 26.7 Å². The number of nitrogens with one attached hydrogen (secondary N) is 1. The first-order chi connectivity index (χ1) is 5.61. The second-order valence-electron chi connectivity index (χ2n) is 4.39. The van der Waals surface area contributed by atoms with Crippen LogP contribution in [-0.4, -0.2) is 18.2 Å². The first kappa shape index (κ1) is 7.90. The minimum absolute atomic E-state index is 0.0199. The highest BCUT2D eigenvalue weighted by molar-refractivity contribution is 5.71. The van der Waals surface area contributed by atoms with E-state index in [0.717, 1.165) is 24.7 Å². The third-order valence-electron chi connectivity index (χ3n) is 3.10. The van der Waals surface area contributed by atoms with Crippen LogP contribution in [-0.2, 0) is 4.74 Å². The van der Waals surface area contributed by atoms with Crippen molar-refractivity contribution in [1.29, 1.82) is 0 Å². The maximum Gasteiger partial charge on any atom is 0.407 e. The fraction of sp³-hybridized carbons (Fsp3) is 0.889. The van der Waals surface area contributed by atoms with Crippen molar-refractivity contribution in [3.8, 4) is 0 Å². The summed E-state index contributed by atoms with van der Waals surface area (Å²) in [5, 5.41) is 2.89. The number of hydrogen-bond acceptors (Lipinski definition) is 2. The van der Waals surface area contributed by atoms with Crippen LogP contribution in [0.3, 0.4) is 0 Å². The van der Waals surface area contributed by atoms with Crippen LogP contribution in [0.2, 0.25) is 0 Å². The van der Waals surface area contributed by atoms with E-state index in [1.807, 2.05) is 0 Å². The van der Waals surface area contributed by atoms with Gasteiger partial charge in [0.05, 0.1) is 5.54 Å². The Kier molecular flexibility index (Phi) is 1.56. The Bertz CT molecular complexity index is 207. The average molecular weight is 169 g/mol. The molecule has 0 radical (unpaired) electrons. The van der Waals surface area contributed by atoms with Gasteiger partial charge in [-0.05, 0) is 24.7 Å². The van der Waals surface area contributed by atoms with E-state index in [2.05, 4.69) is 19.2 Å². The van der Waals surface area contributed by atoms with Crippen molar-refractivity contribution < 1.29 is 9.53 Å². The van der Waals surface area contributed by atoms with Crippen molar-refractivity contribution in [2.75, 3.05) is 6.61 Å². The van der Waals surface area contributed by atoms with Gasteiger partial charge in [-0.15, -0.1) is 0 Å². The van der Waals surface area contributed by atoms with E-state index in [0.29, 0.717) is 6.61 Å². The number of cyclic esters (lactones) is 1. The Morgan fingerprint density at radius 1 is 1.58 bits per heavy atom. The predicted octanol–water partition coefficient (Wildman–Crippen LogP) is 1.53. The molecule has 0 unspecified atom stereocenters. The van der Waals surface area contributed by atoms with Gasteiger partial charge in [0.15, 0.2) is 0 Å². The number of carbonyl (C=O) groups is 1. The molecule has 1 heterocycles. The summed E-state index contributed by atoms with van der Waals surface area (Å²) < 4.78 is 4.89. The third kappa shape index (κ3) is 1.08. The van der Waals surface area contributed by atoms with Gasteiger partial charge >= 0.3 is 6.09 Å². The Morgan fingerprint density at radius 3 is 2.67 bits per heavy atom. The number of carbonyl (C=O) groups excluding carboxylic acids is 1. The Labute approximate surface area is 72.5 Å². The largest absolute Gasteiger partial charge is 0.447 e. The normalized spacial score (nSPS) is 39.6. The van der Waals surface area contributed by atoms with Gasteiger partial charge in [-0.25, -0.2) is 4.79 Å². The van der Waals surface area contributed by atoms with Crippen molar-refractivity contribution in [2.45, 2.75) is 32.2 Å². The van der Waals surface area contributed by atoms with Crippen LogP contribution in [0.5, 0.6) is 0 Å². The molecule has 0 aromatic carbocycles.